The number of nitrogens with two attached hydrogens (primary N) is 1. The molecule has 2 atom stereocenters. The van der Waals surface area contributed by atoms with Crippen LogP contribution in [0.3, 0.4) is 0 Å². The maximum absolute atomic E-state index is 14.7. The number of alkyl halides is 1. The number of piperidine rings is 1. The zero-order chi connectivity index (χ0) is 26.6. The molecule has 2 aliphatic rings. The van der Waals surface area contributed by atoms with Gasteiger partial charge in [0.15, 0.2) is 0 Å². The number of pyridine rings is 1. The number of aromatic nitrogens is 1. The van der Waals surface area contributed by atoms with E-state index in [1.807, 2.05) is 67.4 Å². The van der Waals surface area contributed by atoms with Crippen LogP contribution in [0.15, 0.2) is 60.8 Å². The van der Waals surface area contributed by atoms with Crippen LogP contribution >= 0.6 is 11.3 Å². The lowest BCUT2D eigenvalue weighted by molar-refractivity contribution is 0.100. The van der Waals surface area contributed by atoms with Crippen molar-refractivity contribution in [3.05, 3.63) is 71.2 Å². The molecule has 2 N–H and O–H groups in total. The Hall–Kier alpha value is -4.02. The first-order chi connectivity index (χ1) is 18.3. The van der Waals surface area contributed by atoms with E-state index in [4.69, 9.17) is 10.5 Å². The van der Waals surface area contributed by atoms with Gasteiger partial charge in [0.1, 0.15) is 27.4 Å². The summed E-state index contributed by atoms with van der Waals surface area (Å²) >= 11 is 1.15. The number of likely N-dealkylation sites (tertiary alicyclic amines) is 1. The third-order valence-electron chi connectivity index (χ3n) is 6.96. The van der Waals surface area contributed by atoms with Crippen LogP contribution in [0.4, 0.5) is 26.2 Å². The van der Waals surface area contributed by atoms with Crippen LogP contribution in [0.5, 0.6) is 11.5 Å². The molecule has 1 fully saturated rings. The summed E-state index contributed by atoms with van der Waals surface area (Å²) < 4.78 is 20.7. The number of aryl methyl sites for hydroxylation is 1. The number of carbonyl (C=O) groups is 2. The molecule has 8 nitrogen and oxygen atoms in total. The van der Waals surface area contributed by atoms with Gasteiger partial charge < -0.3 is 15.4 Å². The van der Waals surface area contributed by atoms with E-state index in [0.29, 0.717) is 51.9 Å². The van der Waals surface area contributed by atoms with Crippen LogP contribution in [0.1, 0.15) is 21.7 Å². The van der Waals surface area contributed by atoms with Gasteiger partial charge in [-0.3, -0.25) is 14.6 Å². The Bertz CT molecular complexity index is 1550. The van der Waals surface area contributed by atoms with Crippen molar-refractivity contribution in [2.24, 2.45) is 5.73 Å². The summed E-state index contributed by atoms with van der Waals surface area (Å²) in [6.07, 6.45) is 0.683. The van der Waals surface area contributed by atoms with Crippen molar-refractivity contribution in [1.29, 1.82) is 0 Å². The van der Waals surface area contributed by atoms with Gasteiger partial charge in [0.05, 0.1) is 28.5 Å². The van der Waals surface area contributed by atoms with E-state index in [2.05, 4.69) is 4.98 Å². The van der Waals surface area contributed by atoms with Gasteiger partial charge in [-0.15, -0.1) is 11.3 Å². The monoisotopic (exact) mass is 531 g/mol. The predicted octanol–water partition coefficient (Wildman–Crippen LogP) is 5.62. The molecule has 194 valence electrons. The first-order valence-electron chi connectivity index (χ1n) is 12.3. The molecule has 1 saturated heterocycles. The van der Waals surface area contributed by atoms with Crippen LogP contribution in [-0.2, 0) is 0 Å². The molecule has 38 heavy (non-hydrogen) atoms. The molecular formula is C28H26FN5O3S. The topological polar surface area (TPSA) is 92.0 Å². The lowest BCUT2D eigenvalue weighted by Gasteiger charge is -2.43. The largest absolute Gasteiger partial charge is 0.457 e. The molecule has 6 rings (SSSR count). The third-order valence-corrected chi connectivity index (χ3v) is 8.06. The smallest absolute Gasteiger partial charge is 0.333 e. The van der Waals surface area contributed by atoms with Crippen LogP contribution in [-0.4, -0.2) is 54.2 Å². The number of likely N-dealkylation sites (N-methyl/N-ethyl adjacent to an activating group) is 1. The summed E-state index contributed by atoms with van der Waals surface area (Å²) in [6, 6.07) is 15.9. The van der Waals surface area contributed by atoms with Crippen LogP contribution in [0.2, 0.25) is 0 Å². The Kier molecular flexibility index (Phi) is 6.00. The van der Waals surface area contributed by atoms with Gasteiger partial charge in [0, 0.05) is 25.7 Å². The quantitative estimate of drug-likeness (QED) is 0.361. The van der Waals surface area contributed by atoms with Gasteiger partial charge in [-0.1, -0.05) is 18.2 Å². The van der Waals surface area contributed by atoms with Crippen molar-refractivity contribution < 1.29 is 18.7 Å². The number of hydrogen-bond acceptors (Lipinski definition) is 6. The molecule has 2 aliphatic heterocycles. The minimum Gasteiger partial charge on any atom is -0.457 e. The van der Waals surface area contributed by atoms with Crippen molar-refractivity contribution in [2.75, 3.05) is 29.9 Å². The number of anilines is 3. The van der Waals surface area contributed by atoms with Crippen LogP contribution in [0.25, 0.3) is 10.2 Å². The Morgan fingerprint density at radius 2 is 1.89 bits per heavy atom. The lowest BCUT2D eigenvalue weighted by atomic mass is 9.99. The number of benzene rings is 2. The maximum atomic E-state index is 14.7. The Morgan fingerprint density at radius 3 is 2.61 bits per heavy atom. The van der Waals surface area contributed by atoms with E-state index in [-0.39, 0.29) is 17.3 Å². The number of ether oxygens (including phenoxy) is 1. The van der Waals surface area contributed by atoms with Crippen molar-refractivity contribution >= 4 is 50.6 Å². The van der Waals surface area contributed by atoms with E-state index in [9.17, 15) is 14.0 Å². The fourth-order valence-corrected chi connectivity index (χ4v) is 6.43. The fraction of sp³-hybridized carbons (Fsp3) is 0.250. The van der Waals surface area contributed by atoms with E-state index in [1.165, 1.54) is 0 Å². The molecule has 4 aromatic rings. The number of halogens is 1. The number of primary amides is 1. The molecule has 0 bridgehead atoms. The molecule has 0 saturated carbocycles. The summed E-state index contributed by atoms with van der Waals surface area (Å²) in [7, 11) is 1.83. The van der Waals surface area contributed by atoms with E-state index >= 15 is 0 Å². The van der Waals surface area contributed by atoms with Gasteiger partial charge in [-0.25, -0.2) is 14.2 Å². The summed E-state index contributed by atoms with van der Waals surface area (Å²) in [5, 5.41) is 0.665. The average Bonchev–Trinajstić information content (AvgIpc) is 3.26. The second-order valence-electron chi connectivity index (χ2n) is 9.71. The molecular weight excluding hydrogens is 505 g/mol. The summed E-state index contributed by atoms with van der Waals surface area (Å²) in [5.41, 5.74) is 8.27. The minimum absolute atomic E-state index is 0.165. The SMILES string of the molecule is Cc1cc(Oc2ccccc2)ccc1N1C(=O)N([C@@H]2C[C@@H](F)CN(C)C2)c2c(C(N)=O)sc3nccc1c23. The zero-order valence-corrected chi connectivity index (χ0v) is 21.7. The van der Waals surface area contributed by atoms with E-state index in [1.54, 1.807) is 22.1 Å². The van der Waals surface area contributed by atoms with Gasteiger partial charge in [-0.2, -0.15) is 0 Å². The van der Waals surface area contributed by atoms with Gasteiger partial charge >= 0.3 is 6.03 Å². The van der Waals surface area contributed by atoms with Crippen molar-refractivity contribution in [2.45, 2.75) is 25.6 Å². The number of urea groups is 1. The molecule has 10 heteroatoms. The maximum Gasteiger partial charge on any atom is 0.333 e. The summed E-state index contributed by atoms with van der Waals surface area (Å²) in [6.45, 7) is 2.67. The molecule has 2 aromatic carbocycles. The standard InChI is InChI=1S/C28H26FN5O3S/c1-16-12-20(37-19-6-4-3-5-7-19)8-9-21(16)34-22-10-11-31-27-23(22)24(25(38-27)26(30)35)33(28(34)36)18-13-17(29)14-32(2)15-18/h3-12,17-18H,13-15H2,1-2H3,(H2,30,35)/t17-,18-/m1/s1. The van der Waals surface area contributed by atoms with E-state index in [0.717, 1.165) is 16.9 Å². The Labute approximate surface area is 223 Å². The van der Waals surface area contributed by atoms with Crippen molar-refractivity contribution in [3.8, 4) is 11.5 Å². The Balaban J connectivity index is 1.49. The third kappa shape index (κ3) is 4.06. The fourth-order valence-electron chi connectivity index (χ4n) is 5.42. The molecule has 2 aromatic heterocycles. The highest BCUT2D eigenvalue weighted by Gasteiger charge is 2.43. The molecule has 0 aliphatic carbocycles. The number of rotatable bonds is 5. The summed E-state index contributed by atoms with van der Waals surface area (Å²) in [5.74, 6) is 0.708. The first-order valence-corrected chi connectivity index (χ1v) is 13.1. The predicted molar refractivity (Wildman–Crippen MR) is 147 cm³/mol. The highest BCUT2D eigenvalue weighted by Crippen LogP contribution is 2.50. The zero-order valence-electron chi connectivity index (χ0n) is 20.9. The number of para-hydroxylation sites is 1. The number of carbonyl (C=O) groups excluding carboxylic acids is 2. The lowest BCUT2D eigenvalue weighted by Crippen LogP contribution is -2.56. The van der Waals surface area contributed by atoms with Gasteiger partial charge in [0.2, 0.25) is 0 Å². The molecule has 4 heterocycles. The van der Waals surface area contributed by atoms with Crippen LogP contribution < -0.4 is 20.3 Å². The van der Waals surface area contributed by atoms with Crippen molar-refractivity contribution in [3.63, 3.8) is 0 Å². The van der Waals surface area contributed by atoms with Gasteiger partial charge in [-0.05, 0) is 55.9 Å². The number of amides is 3. The van der Waals surface area contributed by atoms with E-state index < -0.39 is 18.1 Å². The first kappa shape index (κ1) is 24.3. The molecule has 0 unspecified atom stereocenters. The molecule has 0 radical (unpaired) electrons. The summed E-state index contributed by atoms with van der Waals surface area (Å²) in [4.78, 5) is 37.2. The normalized spacial score (nSPS) is 19.7. The molecule has 0 spiro atoms. The number of thiophene rings is 1. The highest BCUT2D eigenvalue weighted by molar-refractivity contribution is 7.21. The van der Waals surface area contributed by atoms with Gasteiger partial charge in [0.25, 0.3) is 5.91 Å². The second-order valence-corrected chi connectivity index (χ2v) is 10.7. The molecule has 3 amide bonds. The highest BCUT2D eigenvalue weighted by atomic mass is 32.1. The van der Waals surface area contributed by atoms with Crippen LogP contribution in [0, 0.1) is 6.92 Å². The Morgan fingerprint density at radius 1 is 1.11 bits per heavy atom. The second kappa shape index (κ2) is 9.38. The van der Waals surface area contributed by atoms with Crippen molar-refractivity contribution in [1.82, 2.24) is 9.88 Å². The average molecular weight is 532 g/mol. The minimum atomic E-state index is -1.10. The number of hydrogen-bond donors (Lipinski definition) is 1. The number of nitrogens with zero attached hydrogens (tertiary/aromatic N) is 4.